The number of carbonyl (C=O) groups excluding carboxylic acids is 1. The Morgan fingerprint density at radius 1 is 1.35 bits per heavy atom. The van der Waals surface area contributed by atoms with Crippen LogP contribution in [0.25, 0.3) is 0 Å². The predicted octanol–water partition coefficient (Wildman–Crippen LogP) is 1.59. The molecule has 0 heterocycles. The molecule has 0 radical (unpaired) electrons. The molecule has 0 unspecified atom stereocenters. The molecule has 3 nitrogen and oxygen atoms in total. The minimum Gasteiger partial charge on any atom is -0.351 e. The second-order valence-corrected chi connectivity index (χ2v) is 3.69. The summed E-state index contributed by atoms with van der Waals surface area (Å²) in [5.41, 5.74) is 5.26. The van der Waals surface area contributed by atoms with Crippen LogP contribution in [0.1, 0.15) is 16.7 Å². The molecule has 3 N–H and O–H groups in total. The van der Waals surface area contributed by atoms with Crippen LogP contribution in [0.4, 0.5) is 13.2 Å². The Labute approximate surface area is 96.8 Å². The number of benzene rings is 1. The summed E-state index contributed by atoms with van der Waals surface area (Å²) in [4.78, 5) is 10.9. The van der Waals surface area contributed by atoms with Crippen LogP contribution in [-0.2, 0) is 17.5 Å². The molecule has 0 fully saturated rings. The zero-order valence-electron chi connectivity index (χ0n) is 9.27. The molecule has 1 aromatic rings. The van der Waals surface area contributed by atoms with Crippen LogP contribution in [0.5, 0.6) is 0 Å². The molecule has 1 amide bonds. The van der Waals surface area contributed by atoms with Gasteiger partial charge in [0.1, 0.15) is 0 Å². The Hall–Kier alpha value is -1.56. The maximum absolute atomic E-state index is 12.5. The third-order valence-corrected chi connectivity index (χ3v) is 2.14. The molecule has 0 spiro atoms. The second-order valence-electron chi connectivity index (χ2n) is 3.69. The van der Waals surface area contributed by atoms with Gasteiger partial charge >= 0.3 is 6.18 Å². The second kappa shape index (κ2) is 5.18. The van der Waals surface area contributed by atoms with E-state index in [0.29, 0.717) is 11.1 Å². The Bertz CT molecular complexity index is 416. The van der Waals surface area contributed by atoms with Crippen LogP contribution in [-0.4, -0.2) is 12.5 Å². The van der Waals surface area contributed by atoms with E-state index >= 15 is 0 Å². The van der Waals surface area contributed by atoms with Crippen molar-refractivity contribution in [3.05, 3.63) is 34.9 Å². The van der Waals surface area contributed by atoms with Crippen molar-refractivity contribution in [2.24, 2.45) is 5.73 Å². The van der Waals surface area contributed by atoms with Crippen molar-refractivity contribution in [3.63, 3.8) is 0 Å². The highest BCUT2D eigenvalue weighted by Crippen LogP contribution is 2.30. The van der Waals surface area contributed by atoms with Crippen LogP contribution in [0.2, 0.25) is 0 Å². The predicted molar refractivity (Wildman–Crippen MR) is 57.1 cm³/mol. The first kappa shape index (κ1) is 13.5. The molecule has 0 saturated heterocycles. The summed E-state index contributed by atoms with van der Waals surface area (Å²) in [5, 5.41) is 2.42. The molecule has 0 bridgehead atoms. The lowest BCUT2D eigenvalue weighted by Crippen LogP contribution is -2.29. The number of alkyl halides is 3. The smallest absolute Gasteiger partial charge is 0.351 e. The molecule has 0 aliphatic carbocycles. The van der Waals surface area contributed by atoms with Crippen LogP contribution < -0.4 is 11.1 Å². The standard InChI is InChI=1S/C11H13F3N2O/c1-7-2-8(6-16-10(17)5-15)4-9(3-7)11(12,13)14/h2-4H,5-6,15H2,1H3,(H,16,17). The average Bonchev–Trinajstić information content (AvgIpc) is 2.24. The van der Waals surface area contributed by atoms with Gasteiger partial charge in [0.05, 0.1) is 12.1 Å². The molecular weight excluding hydrogens is 233 g/mol. The van der Waals surface area contributed by atoms with Crippen molar-refractivity contribution in [2.45, 2.75) is 19.6 Å². The van der Waals surface area contributed by atoms with Gasteiger partial charge in [-0.2, -0.15) is 13.2 Å². The largest absolute Gasteiger partial charge is 0.416 e. The van der Waals surface area contributed by atoms with Crippen molar-refractivity contribution in [1.82, 2.24) is 5.32 Å². The van der Waals surface area contributed by atoms with E-state index in [1.165, 1.54) is 0 Å². The summed E-state index contributed by atoms with van der Waals surface area (Å²) in [5.74, 6) is -0.403. The Kier molecular flexibility index (Phi) is 4.11. The van der Waals surface area contributed by atoms with E-state index in [0.717, 1.165) is 12.1 Å². The van der Waals surface area contributed by atoms with Crippen LogP contribution >= 0.6 is 0 Å². The average molecular weight is 246 g/mol. The number of halogens is 3. The van der Waals surface area contributed by atoms with Crippen molar-refractivity contribution >= 4 is 5.91 Å². The fraction of sp³-hybridized carbons (Fsp3) is 0.364. The van der Waals surface area contributed by atoms with Gasteiger partial charge in [-0.3, -0.25) is 4.79 Å². The minimum absolute atomic E-state index is 0.0425. The summed E-state index contributed by atoms with van der Waals surface area (Å²) in [7, 11) is 0. The summed E-state index contributed by atoms with van der Waals surface area (Å²) < 4.78 is 37.5. The molecule has 0 aliphatic heterocycles. The zero-order valence-corrected chi connectivity index (χ0v) is 9.27. The quantitative estimate of drug-likeness (QED) is 0.850. The lowest BCUT2D eigenvalue weighted by molar-refractivity contribution is -0.137. The maximum Gasteiger partial charge on any atom is 0.416 e. The van der Waals surface area contributed by atoms with E-state index < -0.39 is 17.6 Å². The SMILES string of the molecule is Cc1cc(CNC(=O)CN)cc(C(F)(F)F)c1. The van der Waals surface area contributed by atoms with Crippen LogP contribution in [0.15, 0.2) is 18.2 Å². The molecule has 0 aliphatic rings. The molecule has 94 valence electrons. The van der Waals surface area contributed by atoms with E-state index in [9.17, 15) is 18.0 Å². The van der Waals surface area contributed by atoms with Gasteiger partial charge in [0.15, 0.2) is 0 Å². The number of nitrogens with one attached hydrogen (secondary N) is 1. The van der Waals surface area contributed by atoms with Crippen molar-refractivity contribution in [1.29, 1.82) is 0 Å². The summed E-state index contributed by atoms with van der Waals surface area (Å²) >= 11 is 0. The first-order valence-electron chi connectivity index (χ1n) is 4.97. The van der Waals surface area contributed by atoms with E-state index in [1.807, 2.05) is 0 Å². The van der Waals surface area contributed by atoms with E-state index in [4.69, 9.17) is 5.73 Å². The Morgan fingerprint density at radius 2 is 2.00 bits per heavy atom. The first-order chi connectivity index (χ1) is 7.82. The third-order valence-electron chi connectivity index (χ3n) is 2.14. The van der Waals surface area contributed by atoms with Gasteiger partial charge in [-0.1, -0.05) is 11.6 Å². The van der Waals surface area contributed by atoms with E-state index in [2.05, 4.69) is 5.32 Å². The minimum atomic E-state index is -4.38. The third kappa shape index (κ3) is 4.07. The molecule has 0 atom stereocenters. The van der Waals surface area contributed by atoms with Crippen molar-refractivity contribution < 1.29 is 18.0 Å². The molecule has 1 aromatic carbocycles. The monoisotopic (exact) mass is 246 g/mol. The highest BCUT2D eigenvalue weighted by molar-refractivity contribution is 5.77. The lowest BCUT2D eigenvalue weighted by Gasteiger charge is -2.11. The first-order valence-corrected chi connectivity index (χ1v) is 4.97. The molecular formula is C11H13F3N2O. The van der Waals surface area contributed by atoms with Crippen LogP contribution in [0.3, 0.4) is 0 Å². The van der Waals surface area contributed by atoms with Crippen LogP contribution in [0, 0.1) is 6.92 Å². The number of aryl methyl sites for hydroxylation is 1. The van der Waals surface area contributed by atoms with Crippen molar-refractivity contribution in [2.75, 3.05) is 6.54 Å². The number of carbonyl (C=O) groups is 1. The highest BCUT2D eigenvalue weighted by atomic mass is 19.4. The highest BCUT2D eigenvalue weighted by Gasteiger charge is 2.30. The van der Waals surface area contributed by atoms with E-state index in [-0.39, 0.29) is 13.1 Å². The van der Waals surface area contributed by atoms with Gasteiger partial charge < -0.3 is 11.1 Å². The fourth-order valence-electron chi connectivity index (χ4n) is 1.40. The topological polar surface area (TPSA) is 55.1 Å². The van der Waals surface area contributed by atoms with Crippen molar-refractivity contribution in [3.8, 4) is 0 Å². The molecule has 1 rings (SSSR count). The molecule has 0 aromatic heterocycles. The normalized spacial score (nSPS) is 11.4. The number of hydrogen-bond donors (Lipinski definition) is 2. The number of nitrogens with two attached hydrogens (primary N) is 1. The molecule has 0 saturated carbocycles. The van der Waals surface area contributed by atoms with Gasteiger partial charge in [0.2, 0.25) is 5.91 Å². The molecule has 6 heteroatoms. The van der Waals surface area contributed by atoms with Gasteiger partial charge in [-0.25, -0.2) is 0 Å². The summed E-state index contributed by atoms with van der Waals surface area (Å²) in [6.07, 6.45) is -4.38. The van der Waals surface area contributed by atoms with Gasteiger partial charge in [0.25, 0.3) is 0 Å². The maximum atomic E-state index is 12.5. The van der Waals surface area contributed by atoms with Gasteiger partial charge in [0, 0.05) is 6.54 Å². The fourth-order valence-corrected chi connectivity index (χ4v) is 1.40. The van der Waals surface area contributed by atoms with E-state index in [1.54, 1.807) is 13.0 Å². The number of rotatable bonds is 3. The molecule has 17 heavy (non-hydrogen) atoms. The lowest BCUT2D eigenvalue weighted by atomic mass is 10.1. The Morgan fingerprint density at radius 3 is 2.53 bits per heavy atom. The Balaban J connectivity index is 2.87. The number of amides is 1. The number of hydrogen-bond acceptors (Lipinski definition) is 2. The van der Waals surface area contributed by atoms with Gasteiger partial charge in [-0.05, 0) is 24.6 Å². The zero-order chi connectivity index (χ0) is 13.1. The summed E-state index contributed by atoms with van der Waals surface area (Å²) in [6.45, 7) is 1.43. The summed E-state index contributed by atoms with van der Waals surface area (Å²) in [6, 6.07) is 3.67. The van der Waals surface area contributed by atoms with Gasteiger partial charge in [-0.15, -0.1) is 0 Å².